The van der Waals surface area contributed by atoms with Crippen LogP contribution in [0.4, 0.5) is 0 Å². The molecule has 1 aromatic carbocycles. The van der Waals surface area contributed by atoms with E-state index in [0.29, 0.717) is 6.04 Å². The topological polar surface area (TPSA) is 32.3 Å². The number of rotatable bonds is 1. The molecule has 3 nitrogen and oxygen atoms in total. The molecule has 3 rings (SSSR count). The summed E-state index contributed by atoms with van der Waals surface area (Å²) in [5.41, 5.74) is 2.09. The highest BCUT2D eigenvalue weighted by molar-refractivity contribution is 14.1. The van der Waals surface area contributed by atoms with Gasteiger partial charge in [0.05, 0.1) is 6.04 Å². The molecule has 1 amide bonds. The summed E-state index contributed by atoms with van der Waals surface area (Å²) in [6, 6.07) is 8.64. The number of halogens is 1. The predicted molar refractivity (Wildman–Crippen MR) is 70.9 cm³/mol. The Bertz CT molecular complexity index is 435. The molecule has 0 bridgehead atoms. The van der Waals surface area contributed by atoms with Gasteiger partial charge in [-0.05, 0) is 11.6 Å². The molecule has 1 saturated heterocycles. The fourth-order valence-corrected chi connectivity index (χ4v) is 3.49. The number of benzene rings is 1. The van der Waals surface area contributed by atoms with Crippen LogP contribution in [-0.2, 0) is 0 Å². The van der Waals surface area contributed by atoms with Gasteiger partial charge < -0.3 is 10.2 Å². The van der Waals surface area contributed by atoms with Crippen LogP contribution in [0, 0.1) is 0 Å². The van der Waals surface area contributed by atoms with Gasteiger partial charge in [-0.3, -0.25) is 4.79 Å². The van der Waals surface area contributed by atoms with Crippen LogP contribution >= 0.6 is 22.6 Å². The van der Waals surface area contributed by atoms with Crippen molar-refractivity contribution in [1.29, 1.82) is 0 Å². The van der Waals surface area contributed by atoms with E-state index in [1.54, 1.807) is 0 Å². The normalized spacial score (nSPS) is 27.8. The first-order valence-electron chi connectivity index (χ1n) is 5.52. The Morgan fingerprint density at radius 3 is 3.06 bits per heavy atom. The number of carbonyl (C=O) groups excluding carboxylic acids is 1. The lowest BCUT2D eigenvalue weighted by atomic mass is 9.98. The summed E-state index contributed by atoms with van der Waals surface area (Å²) in [6.07, 6.45) is 0. The van der Waals surface area contributed by atoms with Crippen molar-refractivity contribution in [2.45, 2.75) is 12.1 Å². The van der Waals surface area contributed by atoms with Crippen molar-refractivity contribution in [3.8, 4) is 0 Å². The highest BCUT2D eigenvalue weighted by Crippen LogP contribution is 2.37. The first-order valence-corrected chi connectivity index (χ1v) is 7.04. The summed E-state index contributed by atoms with van der Waals surface area (Å²) in [7, 11) is 0. The second-order valence-corrected chi connectivity index (χ2v) is 5.13. The lowest BCUT2D eigenvalue weighted by molar-refractivity contribution is 0.0645. The van der Waals surface area contributed by atoms with Crippen LogP contribution in [0.1, 0.15) is 22.0 Å². The predicted octanol–water partition coefficient (Wildman–Crippen LogP) is 1.59. The number of alkyl halides is 1. The molecule has 2 aliphatic heterocycles. The Balaban J connectivity index is 2.08. The van der Waals surface area contributed by atoms with E-state index in [9.17, 15) is 4.79 Å². The van der Waals surface area contributed by atoms with E-state index in [-0.39, 0.29) is 11.9 Å². The molecule has 84 valence electrons. The van der Waals surface area contributed by atoms with Gasteiger partial charge in [0.25, 0.3) is 5.91 Å². The molecule has 16 heavy (non-hydrogen) atoms. The van der Waals surface area contributed by atoms with Crippen molar-refractivity contribution in [2.75, 3.05) is 17.5 Å². The highest BCUT2D eigenvalue weighted by atomic mass is 127. The Morgan fingerprint density at radius 2 is 2.25 bits per heavy atom. The van der Waals surface area contributed by atoms with Crippen molar-refractivity contribution in [3.05, 3.63) is 35.4 Å². The van der Waals surface area contributed by atoms with E-state index in [1.807, 2.05) is 23.1 Å². The Kier molecular flexibility index (Phi) is 2.63. The molecule has 1 aromatic rings. The first kappa shape index (κ1) is 10.5. The number of hydrogen-bond donors (Lipinski definition) is 1. The summed E-state index contributed by atoms with van der Waals surface area (Å²) in [6.45, 7) is 1.73. The van der Waals surface area contributed by atoms with Crippen LogP contribution < -0.4 is 5.32 Å². The SMILES string of the molecule is O=C1c2ccccc2C2C(CI)NCCN12. The maximum absolute atomic E-state index is 12.2. The molecule has 0 radical (unpaired) electrons. The molecule has 0 aromatic heterocycles. The molecule has 0 spiro atoms. The molecule has 4 heteroatoms. The zero-order chi connectivity index (χ0) is 11.1. The lowest BCUT2D eigenvalue weighted by Gasteiger charge is -2.37. The number of carbonyl (C=O) groups is 1. The highest BCUT2D eigenvalue weighted by Gasteiger charge is 2.42. The van der Waals surface area contributed by atoms with E-state index in [0.717, 1.165) is 23.1 Å². The maximum atomic E-state index is 12.2. The molecule has 0 saturated carbocycles. The zero-order valence-electron chi connectivity index (χ0n) is 8.82. The van der Waals surface area contributed by atoms with E-state index in [2.05, 4.69) is 34.0 Å². The molecular formula is C12H13IN2O. The van der Waals surface area contributed by atoms with Crippen molar-refractivity contribution in [2.24, 2.45) is 0 Å². The number of fused-ring (bicyclic) bond motifs is 3. The van der Waals surface area contributed by atoms with Gasteiger partial charge in [0.2, 0.25) is 0 Å². The number of piperazine rings is 1. The van der Waals surface area contributed by atoms with Crippen molar-refractivity contribution in [3.63, 3.8) is 0 Å². The minimum atomic E-state index is 0.206. The first-order chi connectivity index (χ1) is 7.83. The van der Waals surface area contributed by atoms with Gasteiger partial charge in [0, 0.05) is 29.1 Å². The van der Waals surface area contributed by atoms with Crippen LogP contribution in [0.5, 0.6) is 0 Å². The fourth-order valence-electron chi connectivity index (χ4n) is 2.69. The second kappa shape index (κ2) is 4.00. The van der Waals surface area contributed by atoms with Crippen molar-refractivity contribution < 1.29 is 4.79 Å². The summed E-state index contributed by atoms with van der Waals surface area (Å²) in [5.74, 6) is 0.206. The summed E-state index contributed by atoms with van der Waals surface area (Å²) in [4.78, 5) is 14.2. The number of amides is 1. The Hall–Kier alpha value is -0.620. The fraction of sp³-hybridized carbons (Fsp3) is 0.417. The van der Waals surface area contributed by atoms with E-state index >= 15 is 0 Å². The third-order valence-electron chi connectivity index (χ3n) is 3.41. The quantitative estimate of drug-likeness (QED) is 0.627. The standard InChI is InChI=1S/C12H13IN2O/c13-7-10-11-8-3-1-2-4-9(8)12(16)15(11)6-5-14-10/h1-4,10-11,14H,5-7H2. The van der Waals surface area contributed by atoms with Gasteiger partial charge in [0.1, 0.15) is 0 Å². The molecular weight excluding hydrogens is 315 g/mol. The third-order valence-corrected chi connectivity index (χ3v) is 4.36. The average Bonchev–Trinajstić information content (AvgIpc) is 2.64. The van der Waals surface area contributed by atoms with Crippen LogP contribution in [0.2, 0.25) is 0 Å². The lowest BCUT2D eigenvalue weighted by Crippen LogP contribution is -2.52. The van der Waals surface area contributed by atoms with Crippen LogP contribution in [-0.4, -0.2) is 34.4 Å². The number of nitrogens with zero attached hydrogens (tertiary/aromatic N) is 1. The van der Waals surface area contributed by atoms with Gasteiger partial charge in [-0.2, -0.15) is 0 Å². The number of nitrogens with one attached hydrogen (secondary N) is 1. The van der Waals surface area contributed by atoms with Gasteiger partial charge in [-0.1, -0.05) is 40.8 Å². The summed E-state index contributed by atoms with van der Waals surface area (Å²) in [5, 5.41) is 3.50. The Labute approximate surface area is 108 Å². The minimum absolute atomic E-state index is 0.206. The van der Waals surface area contributed by atoms with Crippen molar-refractivity contribution in [1.82, 2.24) is 10.2 Å². The van der Waals surface area contributed by atoms with E-state index in [1.165, 1.54) is 5.56 Å². The van der Waals surface area contributed by atoms with Gasteiger partial charge in [-0.15, -0.1) is 0 Å². The van der Waals surface area contributed by atoms with Crippen LogP contribution in [0.3, 0.4) is 0 Å². The summed E-state index contributed by atoms with van der Waals surface area (Å²) < 4.78 is 1.03. The zero-order valence-corrected chi connectivity index (χ0v) is 11.0. The van der Waals surface area contributed by atoms with Gasteiger partial charge in [-0.25, -0.2) is 0 Å². The smallest absolute Gasteiger partial charge is 0.254 e. The average molecular weight is 328 g/mol. The molecule has 2 heterocycles. The van der Waals surface area contributed by atoms with Crippen LogP contribution in [0.15, 0.2) is 24.3 Å². The van der Waals surface area contributed by atoms with Gasteiger partial charge in [0.15, 0.2) is 0 Å². The van der Waals surface area contributed by atoms with Crippen molar-refractivity contribution >= 4 is 28.5 Å². The minimum Gasteiger partial charge on any atom is -0.329 e. The van der Waals surface area contributed by atoms with Gasteiger partial charge >= 0.3 is 0 Å². The van der Waals surface area contributed by atoms with E-state index < -0.39 is 0 Å². The van der Waals surface area contributed by atoms with Crippen LogP contribution in [0.25, 0.3) is 0 Å². The molecule has 2 atom stereocenters. The molecule has 2 unspecified atom stereocenters. The Morgan fingerprint density at radius 1 is 1.44 bits per heavy atom. The second-order valence-electron chi connectivity index (χ2n) is 4.25. The molecule has 1 N–H and O–H groups in total. The maximum Gasteiger partial charge on any atom is 0.254 e. The van der Waals surface area contributed by atoms with E-state index in [4.69, 9.17) is 0 Å². The third kappa shape index (κ3) is 1.39. The summed E-state index contributed by atoms with van der Waals surface area (Å²) >= 11 is 2.39. The molecule has 0 aliphatic carbocycles. The monoisotopic (exact) mass is 328 g/mol. The molecule has 1 fully saturated rings. The molecule has 2 aliphatic rings. The number of hydrogen-bond acceptors (Lipinski definition) is 2. The largest absolute Gasteiger partial charge is 0.329 e.